The maximum atomic E-state index is 11.6. The van der Waals surface area contributed by atoms with Crippen LogP contribution >= 0.6 is 11.6 Å². The van der Waals surface area contributed by atoms with Gasteiger partial charge in [0.05, 0.1) is 13.0 Å². The minimum absolute atomic E-state index is 0.324. The summed E-state index contributed by atoms with van der Waals surface area (Å²) in [5.41, 5.74) is 1.97. The van der Waals surface area contributed by atoms with Gasteiger partial charge in [-0.2, -0.15) is 0 Å². The zero-order valence-corrected chi connectivity index (χ0v) is 11.4. The quantitative estimate of drug-likeness (QED) is 0.776. The first-order chi connectivity index (χ1) is 9.20. The van der Waals surface area contributed by atoms with Crippen molar-refractivity contribution < 1.29 is 9.53 Å². The second-order valence-electron chi connectivity index (χ2n) is 4.32. The Balaban J connectivity index is 2.24. The van der Waals surface area contributed by atoms with Crippen molar-refractivity contribution in [2.24, 2.45) is 0 Å². The number of carbonyl (C=O) groups excluding carboxylic acids is 1. The van der Waals surface area contributed by atoms with Crippen LogP contribution in [0.4, 0.5) is 0 Å². The van der Waals surface area contributed by atoms with E-state index in [1.54, 1.807) is 7.11 Å². The molecule has 0 saturated carbocycles. The lowest BCUT2D eigenvalue weighted by atomic mass is 9.93. The molecule has 2 aromatic carbocycles. The van der Waals surface area contributed by atoms with E-state index in [9.17, 15) is 4.79 Å². The van der Waals surface area contributed by atoms with Crippen LogP contribution in [0.25, 0.3) is 0 Å². The molecular weight excluding hydrogens is 260 g/mol. The molecular formula is C16H15ClO2. The number of rotatable bonds is 5. The highest BCUT2D eigenvalue weighted by molar-refractivity contribution is 6.64. The van der Waals surface area contributed by atoms with Crippen LogP contribution in [0.5, 0.6) is 5.75 Å². The molecule has 0 saturated heterocycles. The van der Waals surface area contributed by atoms with Crippen LogP contribution in [0.15, 0.2) is 54.6 Å². The predicted octanol–water partition coefficient (Wildman–Crippen LogP) is 3.79. The molecule has 0 amide bonds. The molecule has 98 valence electrons. The molecule has 0 spiro atoms. The molecule has 0 N–H and O–H groups in total. The van der Waals surface area contributed by atoms with E-state index >= 15 is 0 Å². The number of carbonyl (C=O) groups is 1. The fourth-order valence-corrected chi connectivity index (χ4v) is 2.25. The maximum absolute atomic E-state index is 11.6. The molecule has 0 fully saturated rings. The molecule has 2 nitrogen and oxygen atoms in total. The van der Waals surface area contributed by atoms with Crippen molar-refractivity contribution in [3.05, 3.63) is 65.7 Å². The minimum Gasteiger partial charge on any atom is -0.497 e. The number of methoxy groups -OCH3 is 1. The fourth-order valence-electron chi connectivity index (χ4n) is 2.05. The highest BCUT2D eigenvalue weighted by Gasteiger charge is 2.19. The van der Waals surface area contributed by atoms with Gasteiger partial charge in [-0.3, -0.25) is 4.79 Å². The van der Waals surface area contributed by atoms with Crippen molar-refractivity contribution in [3.63, 3.8) is 0 Å². The number of benzene rings is 2. The van der Waals surface area contributed by atoms with E-state index in [0.717, 1.165) is 16.9 Å². The number of halogens is 1. The lowest BCUT2D eigenvalue weighted by Crippen LogP contribution is -2.10. The summed E-state index contributed by atoms with van der Waals surface area (Å²) in [7, 11) is 1.63. The van der Waals surface area contributed by atoms with Crippen molar-refractivity contribution in [2.75, 3.05) is 7.11 Å². The van der Waals surface area contributed by atoms with Gasteiger partial charge in [0, 0.05) is 0 Å². The second kappa shape index (κ2) is 6.39. The normalized spacial score (nSPS) is 11.9. The van der Waals surface area contributed by atoms with Gasteiger partial charge >= 0.3 is 0 Å². The van der Waals surface area contributed by atoms with E-state index in [-0.39, 0.29) is 11.2 Å². The smallest absolute Gasteiger partial charge is 0.229 e. The average Bonchev–Trinajstić information content (AvgIpc) is 2.45. The Morgan fingerprint density at radius 3 is 2.53 bits per heavy atom. The molecule has 19 heavy (non-hydrogen) atoms. The van der Waals surface area contributed by atoms with Crippen molar-refractivity contribution in [2.45, 2.75) is 12.3 Å². The van der Waals surface area contributed by atoms with Gasteiger partial charge in [-0.15, -0.1) is 0 Å². The Labute approximate surface area is 118 Å². The molecule has 0 radical (unpaired) electrons. The summed E-state index contributed by atoms with van der Waals surface area (Å²) in [6, 6.07) is 17.3. The zero-order valence-electron chi connectivity index (χ0n) is 10.7. The zero-order chi connectivity index (χ0) is 13.7. The summed E-state index contributed by atoms with van der Waals surface area (Å²) in [5, 5.41) is -0.339. The predicted molar refractivity (Wildman–Crippen MR) is 76.7 cm³/mol. The van der Waals surface area contributed by atoms with Crippen molar-refractivity contribution >= 4 is 16.8 Å². The summed E-state index contributed by atoms with van der Waals surface area (Å²) in [5.74, 6) is 0.460. The minimum atomic E-state index is -0.339. The van der Waals surface area contributed by atoms with E-state index < -0.39 is 0 Å². The van der Waals surface area contributed by atoms with E-state index in [1.165, 1.54) is 0 Å². The van der Waals surface area contributed by atoms with Crippen LogP contribution in [0.3, 0.4) is 0 Å². The van der Waals surface area contributed by atoms with Crippen molar-refractivity contribution in [1.82, 2.24) is 0 Å². The van der Waals surface area contributed by atoms with Gasteiger partial charge in [-0.1, -0.05) is 42.5 Å². The number of hydrogen-bond acceptors (Lipinski definition) is 2. The van der Waals surface area contributed by atoms with Gasteiger partial charge in [0.2, 0.25) is 5.24 Å². The Morgan fingerprint density at radius 2 is 1.89 bits per heavy atom. The van der Waals surface area contributed by atoms with Gasteiger partial charge in [0.25, 0.3) is 0 Å². The summed E-state index contributed by atoms with van der Waals surface area (Å²) in [6.07, 6.45) is 0.573. The first kappa shape index (κ1) is 13.6. The molecule has 0 bridgehead atoms. The van der Waals surface area contributed by atoms with Gasteiger partial charge < -0.3 is 4.74 Å². The monoisotopic (exact) mass is 274 g/mol. The summed E-state index contributed by atoms with van der Waals surface area (Å²) < 4.78 is 5.18. The second-order valence-corrected chi connectivity index (χ2v) is 4.70. The number of ether oxygens (including phenoxy) is 1. The first-order valence-electron chi connectivity index (χ1n) is 6.08. The van der Waals surface area contributed by atoms with Gasteiger partial charge in [0.1, 0.15) is 5.75 Å². The highest BCUT2D eigenvalue weighted by atomic mass is 35.5. The Kier molecular flexibility index (Phi) is 4.58. The summed E-state index contributed by atoms with van der Waals surface area (Å²) >= 11 is 5.73. The van der Waals surface area contributed by atoms with Crippen molar-refractivity contribution in [3.8, 4) is 5.75 Å². The van der Waals surface area contributed by atoms with E-state index in [1.807, 2.05) is 54.6 Å². The van der Waals surface area contributed by atoms with Gasteiger partial charge in [-0.05, 0) is 41.3 Å². The van der Waals surface area contributed by atoms with E-state index in [0.29, 0.717) is 6.42 Å². The molecule has 0 aliphatic carbocycles. The summed E-state index contributed by atoms with van der Waals surface area (Å²) in [4.78, 5) is 11.6. The Bertz CT molecular complexity index is 552. The molecule has 0 heterocycles. The topological polar surface area (TPSA) is 26.3 Å². The van der Waals surface area contributed by atoms with Gasteiger partial charge in [0.15, 0.2) is 0 Å². The van der Waals surface area contributed by atoms with Crippen molar-refractivity contribution in [1.29, 1.82) is 0 Å². The fraction of sp³-hybridized carbons (Fsp3) is 0.188. The van der Waals surface area contributed by atoms with Crippen LogP contribution in [-0.4, -0.2) is 12.4 Å². The number of hydrogen-bond donors (Lipinski definition) is 0. The largest absolute Gasteiger partial charge is 0.497 e. The standard InChI is InChI=1S/C16H15ClO2/c1-19-14-9-5-6-12(10-14)11-15(16(17)18)13-7-3-2-4-8-13/h2-10,15H,11H2,1H3. The van der Waals surface area contributed by atoms with Crippen LogP contribution in [-0.2, 0) is 11.2 Å². The van der Waals surface area contributed by atoms with Gasteiger partial charge in [-0.25, -0.2) is 0 Å². The van der Waals surface area contributed by atoms with Crippen LogP contribution in [0.2, 0.25) is 0 Å². The first-order valence-corrected chi connectivity index (χ1v) is 6.45. The molecule has 1 unspecified atom stereocenters. The third-order valence-corrected chi connectivity index (χ3v) is 3.31. The van der Waals surface area contributed by atoms with Crippen LogP contribution in [0.1, 0.15) is 17.0 Å². The molecule has 2 aromatic rings. The lowest BCUT2D eigenvalue weighted by Gasteiger charge is -2.13. The highest BCUT2D eigenvalue weighted by Crippen LogP contribution is 2.25. The Hall–Kier alpha value is -1.80. The lowest BCUT2D eigenvalue weighted by molar-refractivity contribution is -0.113. The van der Waals surface area contributed by atoms with E-state index in [2.05, 4.69) is 0 Å². The maximum Gasteiger partial charge on any atom is 0.229 e. The molecule has 0 aliphatic heterocycles. The molecule has 0 aliphatic rings. The molecule has 0 aromatic heterocycles. The molecule has 2 rings (SSSR count). The SMILES string of the molecule is COc1cccc(CC(C(=O)Cl)c2ccccc2)c1. The third-order valence-electron chi connectivity index (χ3n) is 3.05. The molecule has 1 atom stereocenters. The third kappa shape index (κ3) is 3.58. The summed E-state index contributed by atoms with van der Waals surface area (Å²) in [6.45, 7) is 0. The Morgan fingerprint density at radius 1 is 1.16 bits per heavy atom. The van der Waals surface area contributed by atoms with E-state index in [4.69, 9.17) is 16.3 Å². The average molecular weight is 275 g/mol. The molecule has 3 heteroatoms. The van der Waals surface area contributed by atoms with Crippen LogP contribution < -0.4 is 4.74 Å². The van der Waals surface area contributed by atoms with Crippen LogP contribution in [0, 0.1) is 0 Å².